The van der Waals surface area contributed by atoms with E-state index >= 15 is 0 Å². The van der Waals surface area contributed by atoms with Gasteiger partial charge in [-0.15, -0.1) is 0 Å². The van der Waals surface area contributed by atoms with E-state index in [0.717, 1.165) is 12.1 Å². The van der Waals surface area contributed by atoms with Crippen molar-refractivity contribution in [3.05, 3.63) is 11.1 Å². The van der Waals surface area contributed by atoms with Crippen LogP contribution in [0.1, 0.15) is 33.6 Å². The molecule has 1 unspecified atom stereocenters. The zero-order chi connectivity index (χ0) is 8.93. The highest BCUT2D eigenvalue weighted by atomic mass is 16.4. The van der Waals surface area contributed by atoms with Crippen LogP contribution in [0.2, 0.25) is 0 Å². The lowest BCUT2D eigenvalue weighted by molar-refractivity contribution is 0.315. The third-order valence-corrected chi connectivity index (χ3v) is 3.28. The van der Waals surface area contributed by atoms with Gasteiger partial charge in [-0.1, -0.05) is 31.5 Å². The fourth-order valence-electron chi connectivity index (χ4n) is 2.35. The minimum Gasteiger partial charge on any atom is -0.411 e. The smallest absolute Gasteiger partial charge is 0.0864 e. The van der Waals surface area contributed by atoms with Gasteiger partial charge in [-0.3, -0.25) is 0 Å². The van der Waals surface area contributed by atoms with Gasteiger partial charge in [0.05, 0.1) is 5.71 Å². The molecule has 0 saturated heterocycles. The van der Waals surface area contributed by atoms with Crippen LogP contribution in [0, 0.1) is 11.3 Å². The van der Waals surface area contributed by atoms with Crippen LogP contribution in [-0.4, -0.2) is 10.9 Å². The second-order valence-electron chi connectivity index (χ2n) is 4.40. The number of nitrogens with zero attached hydrogens (tertiary/aromatic N) is 1. The first-order chi connectivity index (χ1) is 5.59. The van der Waals surface area contributed by atoms with E-state index < -0.39 is 0 Å². The molecule has 0 aromatic heterocycles. The molecular weight excluding hydrogens is 150 g/mol. The van der Waals surface area contributed by atoms with Gasteiger partial charge in [0.15, 0.2) is 0 Å². The number of hydrogen-bond acceptors (Lipinski definition) is 2. The highest BCUT2D eigenvalue weighted by molar-refractivity contribution is 6.09. The van der Waals surface area contributed by atoms with Crippen LogP contribution in [0.25, 0.3) is 0 Å². The molecule has 12 heavy (non-hydrogen) atoms. The summed E-state index contributed by atoms with van der Waals surface area (Å²) in [4.78, 5) is 0. The monoisotopic (exact) mass is 165 g/mol. The predicted octanol–water partition coefficient (Wildman–Crippen LogP) is 2.58. The highest BCUT2D eigenvalue weighted by Gasteiger charge is 2.50. The molecule has 2 nitrogen and oxygen atoms in total. The Morgan fingerprint density at radius 2 is 2.17 bits per heavy atom. The summed E-state index contributed by atoms with van der Waals surface area (Å²) in [6.07, 6.45) is 2.34. The first-order valence-corrected chi connectivity index (χ1v) is 4.55. The van der Waals surface area contributed by atoms with Crippen LogP contribution in [0.15, 0.2) is 16.3 Å². The molecule has 0 aromatic rings. The molecule has 0 aliphatic heterocycles. The molecule has 66 valence electrons. The summed E-state index contributed by atoms with van der Waals surface area (Å²) < 4.78 is 0. The van der Waals surface area contributed by atoms with Crippen LogP contribution in [0.3, 0.4) is 0 Å². The summed E-state index contributed by atoms with van der Waals surface area (Å²) in [6.45, 7) is 6.55. The lowest BCUT2D eigenvalue weighted by atomic mass is 9.94. The highest BCUT2D eigenvalue weighted by Crippen LogP contribution is 2.58. The number of allylic oxidation sites excluding steroid dienone is 2. The Labute approximate surface area is 73.0 Å². The number of hydrogen-bond donors (Lipinski definition) is 1. The summed E-state index contributed by atoms with van der Waals surface area (Å²) in [5.74, 6) is 0.440. The largest absolute Gasteiger partial charge is 0.411 e. The van der Waals surface area contributed by atoms with E-state index in [1.54, 1.807) is 0 Å². The second-order valence-corrected chi connectivity index (χ2v) is 4.40. The fraction of sp³-hybridized carbons (Fsp3) is 0.700. The lowest BCUT2D eigenvalue weighted by Crippen LogP contribution is -2.13. The van der Waals surface area contributed by atoms with Crippen molar-refractivity contribution in [1.29, 1.82) is 0 Å². The molecule has 2 aliphatic carbocycles. The average molecular weight is 165 g/mol. The normalized spacial score (nSPS) is 35.2. The fourth-order valence-corrected chi connectivity index (χ4v) is 2.35. The summed E-state index contributed by atoms with van der Waals surface area (Å²) in [6, 6.07) is 0. The van der Waals surface area contributed by atoms with Gasteiger partial charge in [0, 0.05) is 11.3 Å². The van der Waals surface area contributed by atoms with E-state index in [0.29, 0.717) is 5.92 Å². The molecule has 1 atom stereocenters. The predicted molar refractivity (Wildman–Crippen MR) is 48.4 cm³/mol. The average Bonchev–Trinajstić information content (AvgIpc) is 2.55. The Kier molecular flexibility index (Phi) is 1.39. The molecular formula is C10H15NO. The minimum absolute atomic E-state index is 0.242. The molecule has 0 spiro atoms. The molecule has 0 fully saturated rings. The van der Waals surface area contributed by atoms with Crippen LogP contribution in [0.5, 0.6) is 0 Å². The molecule has 2 rings (SSSR count). The topological polar surface area (TPSA) is 32.6 Å². The maximum Gasteiger partial charge on any atom is 0.0864 e. The van der Waals surface area contributed by atoms with Crippen molar-refractivity contribution in [3.8, 4) is 0 Å². The van der Waals surface area contributed by atoms with Crippen LogP contribution < -0.4 is 0 Å². The molecule has 2 aliphatic rings. The second kappa shape index (κ2) is 2.12. The first kappa shape index (κ1) is 7.84. The minimum atomic E-state index is 0.242. The maximum absolute atomic E-state index is 8.84. The molecule has 0 saturated carbocycles. The summed E-state index contributed by atoms with van der Waals surface area (Å²) >= 11 is 0. The van der Waals surface area contributed by atoms with Crippen molar-refractivity contribution in [2.24, 2.45) is 16.5 Å². The van der Waals surface area contributed by atoms with Crippen molar-refractivity contribution in [1.82, 2.24) is 0 Å². The van der Waals surface area contributed by atoms with E-state index in [4.69, 9.17) is 5.21 Å². The number of oxime groups is 1. The molecule has 1 N–H and O–H groups in total. The third kappa shape index (κ3) is 0.780. The summed E-state index contributed by atoms with van der Waals surface area (Å²) in [7, 11) is 0. The zero-order valence-electron chi connectivity index (χ0n) is 7.89. The van der Waals surface area contributed by atoms with Gasteiger partial charge < -0.3 is 5.21 Å². The van der Waals surface area contributed by atoms with Gasteiger partial charge in [0.1, 0.15) is 0 Å². The third-order valence-electron chi connectivity index (χ3n) is 3.28. The first-order valence-electron chi connectivity index (χ1n) is 4.55. The molecule has 0 radical (unpaired) electrons. The quantitative estimate of drug-likeness (QED) is 0.434. The van der Waals surface area contributed by atoms with Crippen LogP contribution >= 0.6 is 0 Å². The van der Waals surface area contributed by atoms with E-state index in [9.17, 15) is 0 Å². The van der Waals surface area contributed by atoms with Crippen molar-refractivity contribution < 1.29 is 5.21 Å². The Bertz CT molecular complexity index is 286. The SMILES string of the molecule is CC1CCC2=C(C1=NO)C2(C)C. The molecule has 0 bridgehead atoms. The Balaban J connectivity index is 2.34. The van der Waals surface area contributed by atoms with E-state index in [1.165, 1.54) is 17.6 Å². The van der Waals surface area contributed by atoms with Crippen molar-refractivity contribution in [3.63, 3.8) is 0 Å². The van der Waals surface area contributed by atoms with Gasteiger partial charge in [-0.05, 0) is 18.4 Å². The van der Waals surface area contributed by atoms with Gasteiger partial charge in [0.25, 0.3) is 0 Å². The summed E-state index contributed by atoms with van der Waals surface area (Å²) in [5.41, 5.74) is 4.00. The van der Waals surface area contributed by atoms with E-state index in [-0.39, 0.29) is 5.41 Å². The standard InChI is InChI=1S/C10H15NO/c1-6-4-5-7-8(9(6)11-12)10(7,2)3/h6,12H,4-5H2,1-3H3. The Morgan fingerprint density at radius 3 is 2.67 bits per heavy atom. The van der Waals surface area contributed by atoms with E-state index in [1.807, 2.05) is 0 Å². The van der Waals surface area contributed by atoms with Crippen molar-refractivity contribution >= 4 is 5.71 Å². The molecule has 0 aromatic carbocycles. The Hall–Kier alpha value is -0.790. The zero-order valence-corrected chi connectivity index (χ0v) is 7.89. The van der Waals surface area contributed by atoms with Crippen molar-refractivity contribution in [2.75, 3.05) is 0 Å². The van der Waals surface area contributed by atoms with Gasteiger partial charge in [0.2, 0.25) is 0 Å². The van der Waals surface area contributed by atoms with Crippen LogP contribution in [-0.2, 0) is 0 Å². The van der Waals surface area contributed by atoms with Gasteiger partial charge in [-0.25, -0.2) is 0 Å². The molecule has 0 heterocycles. The van der Waals surface area contributed by atoms with E-state index in [2.05, 4.69) is 25.9 Å². The van der Waals surface area contributed by atoms with Gasteiger partial charge in [-0.2, -0.15) is 0 Å². The number of rotatable bonds is 0. The lowest BCUT2D eigenvalue weighted by Gasteiger charge is -2.12. The maximum atomic E-state index is 8.84. The Morgan fingerprint density at radius 1 is 1.50 bits per heavy atom. The van der Waals surface area contributed by atoms with Gasteiger partial charge >= 0.3 is 0 Å². The van der Waals surface area contributed by atoms with Crippen LogP contribution in [0.4, 0.5) is 0 Å². The molecule has 0 amide bonds. The molecule has 2 heteroatoms. The van der Waals surface area contributed by atoms with Crippen molar-refractivity contribution in [2.45, 2.75) is 33.6 Å². The summed E-state index contributed by atoms with van der Waals surface area (Å²) in [5, 5.41) is 12.3.